The summed E-state index contributed by atoms with van der Waals surface area (Å²) >= 11 is 10.7. The number of hydrogen-bond acceptors (Lipinski definition) is 2. The maximum Gasteiger partial charge on any atom is 0.204 e. The van der Waals surface area contributed by atoms with Crippen molar-refractivity contribution in [1.29, 1.82) is 0 Å². The molecular weight excluding hydrogens is 204 g/mol. The standard InChI is InChI=1S/C6H4Cl2NOP/c7-4-1-3(9-8)2-5(11)6(4)10/h1-2H,11H2/b9-3+. The van der Waals surface area contributed by atoms with Crippen molar-refractivity contribution in [1.82, 2.24) is 0 Å². The predicted molar refractivity (Wildman–Crippen MR) is 50.0 cm³/mol. The van der Waals surface area contributed by atoms with Crippen LogP contribution in [0.5, 0.6) is 0 Å². The number of rotatable bonds is 0. The van der Waals surface area contributed by atoms with Gasteiger partial charge in [-0.1, -0.05) is 11.6 Å². The van der Waals surface area contributed by atoms with Gasteiger partial charge in [0.1, 0.15) is 0 Å². The van der Waals surface area contributed by atoms with E-state index in [0.717, 1.165) is 0 Å². The lowest BCUT2D eigenvalue weighted by atomic mass is 10.1. The average molecular weight is 208 g/mol. The van der Waals surface area contributed by atoms with Crippen LogP contribution < -0.4 is 0 Å². The Hall–Kier alpha value is -0.170. The fourth-order valence-corrected chi connectivity index (χ4v) is 1.38. The molecule has 0 saturated carbocycles. The van der Waals surface area contributed by atoms with Crippen LogP contribution in [0.25, 0.3) is 0 Å². The van der Waals surface area contributed by atoms with Crippen LogP contribution in [-0.2, 0) is 4.79 Å². The molecule has 0 aliphatic heterocycles. The van der Waals surface area contributed by atoms with Crippen molar-refractivity contribution in [2.45, 2.75) is 0 Å². The lowest BCUT2D eigenvalue weighted by molar-refractivity contribution is -0.111. The van der Waals surface area contributed by atoms with Crippen LogP contribution in [0.15, 0.2) is 27.0 Å². The van der Waals surface area contributed by atoms with Crippen LogP contribution in [0.1, 0.15) is 0 Å². The Bertz CT molecular complexity index is 269. The summed E-state index contributed by atoms with van der Waals surface area (Å²) in [6, 6.07) is 0. The van der Waals surface area contributed by atoms with Gasteiger partial charge in [0.05, 0.1) is 10.7 Å². The minimum absolute atomic E-state index is 0.136. The molecule has 0 bridgehead atoms. The third-order valence-corrected chi connectivity index (χ3v) is 2.06. The van der Waals surface area contributed by atoms with Gasteiger partial charge in [-0.3, -0.25) is 4.79 Å². The maximum absolute atomic E-state index is 11.0. The van der Waals surface area contributed by atoms with Gasteiger partial charge in [0.15, 0.2) is 0 Å². The second kappa shape index (κ2) is 3.48. The van der Waals surface area contributed by atoms with Gasteiger partial charge in [-0.2, -0.15) is 4.51 Å². The molecule has 1 aliphatic carbocycles. The van der Waals surface area contributed by atoms with Crippen LogP contribution in [0, 0.1) is 0 Å². The van der Waals surface area contributed by atoms with E-state index in [1.807, 2.05) is 0 Å². The van der Waals surface area contributed by atoms with E-state index < -0.39 is 0 Å². The van der Waals surface area contributed by atoms with Crippen LogP contribution in [-0.4, -0.2) is 11.5 Å². The highest BCUT2D eigenvalue weighted by atomic mass is 35.5. The Morgan fingerprint density at radius 1 is 1.45 bits per heavy atom. The van der Waals surface area contributed by atoms with Gasteiger partial charge in [0.2, 0.25) is 5.78 Å². The van der Waals surface area contributed by atoms with Crippen LogP contribution in [0.2, 0.25) is 0 Å². The van der Waals surface area contributed by atoms with Crippen LogP contribution >= 0.6 is 32.6 Å². The van der Waals surface area contributed by atoms with Crippen molar-refractivity contribution in [3.8, 4) is 0 Å². The summed E-state index contributed by atoms with van der Waals surface area (Å²) in [6.45, 7) is 0. The second-order valence-corrected chi connectivity index (χ2v) is 3.13. The zero-order valence-corrected chi connectivity index (χ0v) is 8.01. The van der Waals surface area contributed by atoms with Crippen molar-refractivity contribution >= 4 is 44.1 Å². The molecule has 1 unspecified atom stereocenters. The van der Waals surface area contributed by atoms with Crippen molar-refractivity contribution < 1.29 is 4.79 Å². The summed E-state index contributed by atoms with van der Waals surface area (Å²) in [5.41, 5.74) is 0.487. The molecule has 1 atom stereocenters. The van der Waals surface area contributed by atoms with E-state index >= 15 is 0 Å². The van der Waals surface area contributed by atoms with Crippen molar-refractivity contribution in [3.63, 3.8) is 0 Å². The number of Topliss-reactive ketones (excluding diaryl/α,β-unsaturated/α-hetero) is 1. The largest absolute Gasteiger partial charge is 0.288 e. The van der Waals surface area contributed by atoms with Crippen molar-refractivity contribution in [2.75, 3.05) is 0 Å². The number of allylic oxidation sites excluding steroid dienone is 4. The number of carbonyl (C=O) groups is 1. The Balaban J connectivity index is 3.07. The molecule has 1 aliphatic rings. The van der Waals surface area contributed by atoms with E-state index in [1.165, 1.54) is 6.08 Å². The van der Waals surface area contributed by atoms with Crippen LogP contribution in [0.3, 0.4) is 0 Å². The van der Waals surface area contributed by atoms with Gasteiger partial charge < -0.3 is 0 Å². The van der Waals surface area contributed by atoms with E-state index in [9.17, 15) is 4.79 Å². The molecule has 11 heavy (non-hydrogen) atoms. The molecule has 2 nitrogen and oxygen atoms in total. The topological polar surface area (TPSA) is 29.4 Å². The highest BCUT2D eigenvalue weighted by Crippen LogP contribution is 2.21. The molecule has 0 spiro atoms. The van der Waals surface area contributed by atoms with Gasteiger partial charge in [0.25, 0.3) is 0 Å². The van der Waals surface area contributed by atoms with E-state index in [4.69, 9.17) is 23.4 Å². The van der Waals surface area contributed by atoms with Crippen LogP contribution in [0.4, 0.5) is 0 Å². The lowest BCUT2D eigenvalue weighted by Gasteiger charge is -2.04. The van der Waals surface area contributed by atoms with Gasteiger partial charge in [0, 0.05) is 17.1 Å². The molecule has 58 valence electrons. The van der Waals surface area contributed by atoms with Crippen molar-refractivity contribution in [3.05, 3.63) is 22.5 Å². The summed E-state index contributed by atoms with van der Waals surface area (Å²) < 4.78 is 3.37. The predicted octanol–water partition coefficient (Wildman–Crippen LogP) is 2.05. The smallest absolute Gasteiger partial charge is 0.204 e. The minimum Gasteiger partial charge on any atom is -0.288 e. The Labute approximate surface area is 76.3 Å². The third-order valence-electron chi connectivity index (χ3n) is 1.15. The first-order valence-corrected chi connectivity index (χ1v) is 4.02. The molecule has 0 aromatic carbocycles. The second-order valence-electron chi connectivity index (χ2n) is 1.93. The zero-order chi connectivity index (χ0) is 8.43. The number of nitrogens with zero attached hydrogens (tertiary/aromatic N) is 1. The zero-order valence-electron chi connectivity index (χ0n) is 5.34. The first-order valence-electron chi connectivity index (χ1n) is 2.73. The molecule has 0 amide bonds. The molecule has 0 aromatic rings. The van der Waals surface area contributed by atoms with Gasteiger partial charge in [-0.25, -0.2) is 0 Å². The first kappa shape index (κ1) is 8.92. The van der Waals surface area contributed by atoms with Gasteiger partial charge in [-0.05, 0) is 12.2 Å². The Morgan fingerprint density at radius 3 is 2.55 bits per heavy atom. The molecule has 1 rings (SSSR count). The number of halogens is 2. The van der Waals surface area contributed by atoms with E-state index in [2.05, 4.69) is 13.8 Å². The molecule has 0 N–H and O–H groups in total. The monoisotopic (exact) mass is 207 g/mol. The number of carbonyl (C=O) groups excluding carboxylic acids is 1. The number of ketones is 1. The van der Waals surface area contributed by atoms with Gasteiger partial charge >= 0.3 is 0 Å². The Morgan fingerprint density at radius 2 is 2.09 bits per heavy atom. The molecular formula is C6H4Cl2NOP. The lowest BCUT2D eigenvalue weighted by Crippen LogP contribution is -2.06. The molecule has 0 saturated heterocycles. The summed E-state index contributed by atoms with van der Waals surface area (Å²) in [7, 11) is 2.27. The first-order chi connectivity index (χ1) is 5.15. The quantitative estimate of drug-likeness (QED) is 0.442. The van der Waals surface area contributed by atoms with E-state index in [1.54, 1.807) is 6.08 Å². The molecule has 0 heterocycles. The SMILES string of the molecule is O=C1C(P)=C/C(=N/Cl)C=C1Cl. The molecule has 0 fully saturated rings. The molecule has 0 aromatic heterocycles. The van der Waals surface area contributed by atoms with E-state index in [-0.39, 0.29) is 10.8 Å². The highest BCUT2D eigenvalue weighted by molar-refractivity contribution is 7.25. The Kier molecular flexibility index (Phi) is 2.83. The normalized spacial score (nSPS) is 21.7. The fraction of sp³-hybridized carbons (Fsp3) is 0. The summed E-state index contributed by atoms with van der Waals surface area (Å²) in [6.07, 6.45) is 2.97. The summed E-state index contributed by atoms with van der Waals surface area (Å²) in [4.78, 5) is 11.0. The minimum atomic E-state index is -0.208. The number of hydrogen-bond donors (Lipinski definition) is 0. The summed E-state index contributed by atoms with van der Waals surface area (Å²) in [5, 5.41) is 0.605. The van der Waals surface area contributed by atoms with E-state index in [0.29, 0.717) is 11.0 Å². The fourth-order valence-electron chi connectivity index (χ4n) is 0.649. The maximum atomic E-state index is 11.0. The van der Waals surface area contributed by atoms with Gasteiger partial charge in [-0.15, -0.1) is 9.24 Å². The van der Waals surface area contributed by atoms with Crippen molar-refractivity contribution in [2.24, 2.45) is 4.51 Å². The highest BCUT2D eigenvalue weighted by Gasteiger charge is 2.15. The molecule has 5 heteroatoms. The molecule has 0 radical (unpaired) electrons. The average Bonchev–Trinajstić information content (AvgIpc) is 1.99. The third kappa shape index (κ3) is 1.90. The summed E-state index contributed by atoms with van der Waals surface area (Å²) in [5.74, 6) is -0.208.